The summed E-state index contributed by atoms with van der Waals surface area (Å²) in [6.07, 6.45) is 3.23. The minimum atomic E-state index is 1.08. The van der Waals surface area contributed by atoms with Gasteiger partial charge in [-0.25, -0.2) is 4.98 Å². The topological polar surface area (TPSA) is 12.9 Å². The normalized spacial score (nSPS) is 11.5. The van der Waals surface area contributed by atoms with Crippen LogP contribution < -0.4 is 0 Å². The largest absolute Gasteiger partial charge is 0.229 e. The summed E-state index contributed by atoms with van der Waals surface area (Å²) in [4.78, 5) is 4.51. The van der Waals surface area contributed by atoms with Gasteiger partial charge in [0, 0.05) is 0 Å². The van der Waals surface area contributed by atoms with Crippen LogP contribution >= 0.6 is 23.1 Å². The van der Waals surface area contributed by atoms with Crippen molar-refractivity contribution in [1.29, 1.82) is 0 Å². The first-order chi connectivity index (χ1) is 6.90. The zero-order chi connectivity index (χ0) is 9.80. The van der Waals surface area contributed by atoms with Gasteiger partial charge < -0.3 is 0 Å². The van der Waals surface area contributed by atoms with Gasteiger partial charge in [0.1, 0.15) is 0 Å². The Morgan fingerprint density at radius 3 is 3.07 bits per heavy atom. The summed E-state index contributed by atoms with van der Waals surface area (Å²) in [7, 11) is 0. The van der Waals surface area contributed by atoms with E-state index in [-0.39, 0.29) is 0 Å². The lowest BCUT2D eigenvalue weighted by Gasteiger charge is -1.83. The molecular formula is C11H11NS2. The summed E-state index contributed by atoms with van der Waals surface area (Å²) in [6, 6.07) is 8.25. The van der Waals surface area contributed by atoms with Gasteiger partial charge in [-0.15, -0.1) is 11.3 Å². The molecule has 3 heteroatoms. The minimum absolute atomic E-state index is 1.08. The fourth-order valence-corrected chi connectivity index (χ4v) is 2.99. The highest BCUT2D eigenvalue weighted by atomic mass is 32.2. The van der Waals surface area contributed by atoms with Crippen molar-refractivity contribution in [2.45, 2.75) is 17.7 Å². The summed E-state index contributed by atoms with van der Waals surface area (Å²) in [5.41, 5.74) is 1.10. The Balaban J connectivity index is 2.23. The number of allylic oxidation sites excluding steroid dienone is 1. The standard InChI is InChI=1S/C11H11NS2/c1-2-3-8-13-11-12-9-6-4-5-7-10(9)14-11/h3-8H,2H2,1H3. The fraction of sp³-hybridized carbons (Fsp3) is 0.182. The molecule has 0 aliphatic rings. The van der Waals surface area contributed by atoms with Gasteiger partial charge in [0.05, 0.1) is 10.2 Å². The SMILES string of the molecule is CCC=CSc1nc2ccccc2s1. The molecule has 1 aromatic carbocycles. The molecule has 0 spiro atoms. The van der Waals surface area contributed by atoms with E-state index < -0.39 is 0 Å². The van der Waals surface area contributed by atoms with E-state index in [4.69, 9.17) is 0 Å². The molecule has 1 aromatic heterocycles. The average molecular weight is 221 g/mol. The molecule has 0 unspecified atom stereocenters. The molecule has 0 saturated carbocycles. The van der Waals surface area contributed by atoms with Gasteiger partial charge in [-0.3, -0.25) is 0 Å². The maximum Gasteiger partial charge on any atom is 0.155 e. The van der Waals surface area contributed by atoms with Crippen LogP contribution in [0.25, 0.3) is 10.2 Å². The fourth-order valence-electron chi connectivity index (χ4n) is 1.10. The Morgan fingerprint density at radius 2 is 2.29 bits per heavy atom. The molecular weight excluding hydrogens is 210 g/mol. The molecule has 1 nitrogen and oxygen atoms in total. The highest BCUT2D eigenvalue weighted by Crippen LogP contribution is 2.29. The summed E-state index contributed by atoms with van der Waals surface area (Å²) in [6.45, 7) is 2.13. The van der Waals surface area contributed by atoms with Gasteiger partial charge in [0.25, 0.3) is 0 Å². The summed E-state index contributed by atoms with van der Waals surface area (Å²) >= 11 is 3.45. The third-order valence-corrected chi connectivity index (χ3v) is 3.77. The quantitative estimate of drug-likeness (QED) is 0.716. The van der Waals surface area contributed by atoms with Crippen molar-refractivity contribution in [3.8, 4) is 0 Å². The molecule has 0 amide bonds. The molecule has 0 fully saturated rings. The Kier molecular flexibility index (Phi) is 3.22. The van der Waals surface area contributed by atoms with Crippen molar-refractivity contribution in [1.82, 2.24) is 4.98 Å². The lowest BCUT2D eigenvalue weighted by molar-refractivity contribution is 1.23. The summed E-state index contributed by atoms with van der Waals surface area (Å²) in [5, 5.41) is 2.11. The Bertz CT molecular complexity index is 412. The molecule has 72 valence electrons. The van der Waals surface area contributed by atoms with Gasteiger partial charge in [-0.05, 0) is 24.0 Å². The second kappa shape index (κ2) is 4.62. The maximum absolute atomic E-state index is 4.51. The third kappa shape index (κ3) is 2.16. The molecule has 14 heavy (non-hydrogen) atoms. The summed E-state index contributed by atoms with van der Waals surface area (Å²) in [5.74, 6) is 0. The highest BCUT2D eigenvalue weighted by Gasteiger charge is 2.00. The maximum atomic E-state index is 4.51. The Labute approximate surface area is 91.9 Å². The van der Waals surface area contributed by atoms with Crippen LogP contribution in [0, 0.1) is 0 Å². The van der Waals surface area contributed by atoms with Crippen molar-refractivity contribution in [2.75, 3.05) is 0 Å². The van der Waals surface area contributed by atoms with E-state index in [1.165, 1.54) is 4.70 Å². The number of hydrogen-bond donors (Lipinski definition) is 0. The first-order valence-corrected chi connectivity index (χ1v) is 6.27. The molecule has 0 radical (unpaired) electrons. The number of hydrogen-bond acceptors (Lipinski definition) is 3. The van der Waals surface area contributed by atoms with Gasteiger partial charge in [0.2, 0.25) is 0 Å². The predicted octanol–water partition coefficient (Wildman–Crippen LogP) is 4.31. The number of aromatic nitrogens is 1. The van der Waals surface area contributed by atoms with Crippen molar-refractivity contribution in [3.05, 3.63) is 35.7 Å². The number of para-hydroxylation sites is 1. The van der Waals surface area contributed by atoms with Crippen LogP contribution in [0.2, 0.25) is 0 Å². The first kappa shape index (κ1) is 9.74. The second-order valence-electron chi connectivity index (χ2n) is 2.85. The van der Waals surface area contributed by atoms with E-state index in [9.17, 15) is 0 Å². The lowest BCUT2D eigenvalue weighted by Crippen LogP contribution is -1.65. The van der Waals surface area contributed by atoms with E-state index >= 15 is 0 Å². The molecule has 2 aromatic rings. The van der Waals surface area contributed by atoms with Crippen LogP contribution in [0.3, 0.4) is 0 Å². The van der Waals surface area contributed by atoms with Gasteiger partial charge in [-0.1, -0.05) is 36.9 Å². The predicted molar refractivity (Wildman–Crippen MR) is 64.9 cm³/mol. The highest BCUT2D eigenvalue weighted by molar-refractivity contribution is 8.03. The van der Waals surface area contributed by atoms with Crippen molar-refractivity contribution in [3.63, 3.8) is 0 Å². The van der Waals surface area contributed by atoms with Crippen LogP contribution in [0.5, 0.6) is 0 Å². The molecule has 0 aliphatic carbocycles. The molecule has 0 atom stereocenters. The number of thiazole rings is 1. The zero-order valence-corrected chi connectivity index (χ0v) is 9.57. The Hall–Kier alpha value is -0.800. The average Bonchev–Trinajstić information content (AvgIpc) is 2.60. The zero-order valence-electron chi connectivity index (χ0n) is 7.93. The second-order valence-corrected chi connectivity index (χ2v) is 5.03. The number of fused-ring (bicyclic) bond motifs is 1. The number of nitrogens with zero attached hydrogens (tertiary/aromatic N) is 1. The monoisotopic (exact) mass is 221 g/mol. The van der Waals surface area contributed by atoms with Crippen molar-refractivity contribution < 1.29 is 0 Å². The van der Waals surface area contributed by atoms with Gasteiger partial charge in [-0.2, -0.15) is 0 Å². The minimum Gasteiger partial charge on any atom is -0.229 e. The molecule has 0 N–H and O–H groups in total. The van der Waals surface area contributed by atoms with E-state index in [0.29, 0.717) is 0 Å². The molecule has 0 aliphatic heterocycles. The van der Waals surface area contributed by atoms with Crippen LogP contribution in [-0.2, 0) is 0 Å². The molecule has 0 saturated heterocycles. The molecule has 1 heterocycles. The molecule has 2 rings (SSSR count). The summed E-state index contributed by atoms with van der Waals surface area (Å²) < 4.78 is 2.38. The smallest absolute Gasteiger partial charge is 0.155 e. The van der Waals surface area contributed by atoms with Crippen LogP contribution in [0.15, 0.2) is 40.1 Å². The van der Waals surface area contributed by atoms with Gasteiger partial charge >= 0.3 is 0 Å². The van der Waals surface area contributed by atoms with Crippen molar-refractivity contribution in [2.24, 2.45) is 0 Å². The van der Waals surface area contributed by atoms with E-state index in [0.717, 1.165) is 16.3 Å². The van der Waals surface area contributed by atoms with E-state index in [1.54, 1.807) is 23.1 Å². The Morgan fingerprint density at radius 1 is 1.43 bits per heavy atom. The number of benzene rings is 1. The number of thioether (sulfide) groups is 1. The van der Waals surface area contributed by atoms with Crippen LogP contribution in [-0.4, -0.2) is 4.98 Å². The van der Waals surface area contributed by atoms with E-state index in [1.807, 2.05) is 6.07 Å². The van der Waals surface area contributed by atoms with Crippen molar-refractivity contribution >= 4 is 33.3 Å². The first-order valence-electron chi connectivity index (χ1n) is 4.57. The lowest BCUT2D eigenvalue weighted by atomic mass is 10.3. The van der Waals surface area contributed by atoms with E-state index in [2.05, 4.69) is 41.6 Å². The third-order valence-electron chi connectivity index (χ3n) is 1.78. The van der Waals surface area contributed by atoms with Crippen LogP contribution in [0.4, 0.5) is 0 Å². The van der Waals surface area contributed by atoms with Gasteiger partial charge in [0.15, 0.2) is 4.34 Å². The number of rotatable bonds is 3. The van der Waals surface area contributed by atoms with Crippen LogP contribution in [0.1, 0.15) is 13.3 Å². The molecule has 0 bridgehead atoms.